The van der Waals surface area contributed by atoms with Crippen molar-refractivity contribution < 1.29 is 0 Å². The molecule has 0 amide bonds. The zero-order chi connectivity index (χ0) is 14.9. The molecule has 4 rings (SSSR count). The Kier molecular flexibility index (Phi) is 3.26. The van der Waals surface area contributed by atoms with Gasteiger partial charge in [0, 0.05) is 18.8 Å². The molecule has 6 heteroatoms. The minimum absolute atomic E-state index is 0.312. The quantitative estimate of drug-likeness (QED) is 0.845. The highest BCUT2D eigenvalue weighted by atomic mass is 15.4. The lowest BCUT2D eigenvalue weighted by Gasteiger charge is -2.22. The maximum atomic E-state index is 9.49. The van der Waals surface area contributed by atoms with Gasteiger partial charge in [-0.1, -0.05) is 0 Å². The minimum atomic E-state index is 0.312. The molecule has 2 aromatic heterocycles. The molecular weight excluding hydrogens is 276 g/mol. The van der Waals surface area contributed by atoms with Crippen molar-refractivity contribution in [3.8, 4) is 6.07 Å². The van der Waals surface area contributed by atoms with Gasteiger partial charge < -0.3 is 4.90 Å². The largest absolute Gasteiger partial charge is 0.353 e. The van der Waals surface area contributed by atoms with Gasteiger partial charge in [-0.15, -0.1) is 0 Å². The Morgan fingerprint density at radius 3 is 3.00 bits per heavy atom. The second kappa shape index (κ2) is 5.41. The zero-order valence-corrected chi connectivity index (χ0v) is 12.4. The number of rotatable bonds is 2. The van der Waals surface area contributed by atoms with Crippen LogP contribution in [0.1, 0.15) is 42.1 Å². The van der Waals surface area contributed by atoms with E-state index in [1.54, 1.807) is 12.7 Å². The molecule has 2 aromatic rings. The fraction of sp³-hybridized carbons (Fsp3) is 0.500. The zero-order valence-electron chi connectivity index (χ0n) is 12.4. The van der Waals surface area contributed by atoms with Crippen LogP contribution in [0.5, 0.6) is 0 Å². The van der Waals surface area contributed by atoms with Gasteiger partial charge in [-0.25, -0.2) is 14.6 Å². The van der Waals surface area contributed by atoms with E-state index >= 15 is 0 Å². The fourth-order valence-electron chi connectivity index (χ4n) is 3.50. The smallest absolute Gasteiger partial charge is 0.146 e. The summed E-state index contributed by atoms with van der Waals surface area (Å²) in [4.78, 5) is 11.1. The standard InChI is InChI=1S/C16H18N6/c17-8-13-7-12-3-1-2-4-15(12)20-16(13)21-6-5-14(9-21)22-11-18-10-19-22/h7,10-11,14H,1-6,9H2. The van der Waals surface area contributed by atoms with Gasteiger partial charge in [-0.05, 0) is 43.7 Å². The number of hydrogen-bond acceptors (Lipinski definition) is 5. The molecule has 6 nitrogen and oxygen atoms in total. The van der Waals surface area contributed by atoms with E-state index < -0.39 is 0 Å². The van der Waals surface area contributed by atoms with Gasteiger partial charge in [-0.2, -0.15) is 10.4 Å². The van der Waals surface area contributed by atoms with E-state index in [1.807, 2.05) is 4.68 Å². The molecule has 1 saturated heterocycles. The summed E-state index contributed by atoms with van der Waals surface area (Å²) in [6.45, 7) is 1.74. The summed E-state index contributed by atoms with van der Waals surface area (Å²) in [6.07, 6.45) is 8.84. The highest BCUT2D eigenvalue weighted by Gasteiger charge is 2.28. The number of aryl methyl sites for hydroxylation is 2. The van der Waals surface area contributed by atoms with Crippen molar-refractivity contribution in [2.75, 3.05) is 18.0 Å². The van der Waals surface area contributed by atoms with Crippen LogP contribution < -0.4 is 4.90 Å². The van der Waals surface area contributed by atoms with Crippen molar-refractivity contribution in [2.45, 2.75) is 38.1 Å². The van der Waals surface area contributed by atoms with Crippen LogP contribution >= 0.6 is 0 Å². The topological polar surface area (TPSA) is 70.6 Å². The second-order valence-corrected chi connectivity index (χ2v) is 6.05. The molecule has 1 aliphatic heterocycles. The third-order valence-electron chi connectivity index (χ3n) is 4.67. The van der Waals surface area contributed by atoms with Gasteiger partial charge in [0.1, 0.15) is 24.5 Å². The van der Waals surface area contributed by atoms with E-state index in [0.29, 0.717) is 11.6 Å². The summed E-state index contributed by atoms with van der Waals surface area (Å²) >= 11 is 0. The number of fused-ring (bicyclic) bond motifs is 1. The van der Waals surface area contributed by atoms with Crippen molar-refractivity contribution in [1.82, 2.24) is 19.7 Å². The molecule has 0 radical (unpaired) electrons. The molecular formula is C16H18N6. The van der Waals surface area contributed by atoms with E-state index in [4.69, 9.17) is 4.98 Å². The first-order valence-electron chi connectivity index (χ1n) is 7.87. The molecule has 3 heterocycles. The molecule has 0 spiro atoms. The van der Waals surface area contributed by atoms with Crippen LogP contribution in [-0.4, -0.2) is 32.8 Å². The predicted molar refractivity (Wildman–Crippen MR) is 81.5 cm³/mol. The lowest BCUT2D eigenvalue weighted by atomic mass is 9.95. The SMILES string of the molecule is N#Cc1cc2c(nc1N1CCC(n3cncn3)C1)CCCC2. The molecule has 1 aliphatic carbocycles. The first kappa shape index (κ1) is 13.3. The van der Waals surface area contributed by atoms with Crippen LogP contribution in [-0.2, 0) is 12.8 Å². The summed E-state index contributed by atoms with van der Waals surface area (Å²) in [7, 11) is 0. The Hall–Kier alpha value is -2.42. The van der Waals surface area contributed by atoms with E-state index in [9.17, 15) is 5.26 Å². The van der Waals surface area contributed by atoms with E-state index in [2.05, 4.69) is 27.1 Å². The van der Waals surface area contributed by atoms with E-state index in [1.165, 1.54) is 24.1 Å². The van der Waals surface area contributed by atoms with Crippen molar-refractivity contribution in [3.63, 3.8) is 0 Å². The predicted octanol–water partition coefficient (Wildman–Crippen LogP) is 1.87. The van der Waals surface area contributed by atoms with Gasteiger partial charge >= 0.3 is 0 Å². The minimum Gasteiger partial charge on any atom is -0.353 e. The number of hydrogen-bond donors (Lipinski definition) is 0. The molecule has 1 fully saturated rings. The third-order valence-corrected chi connectivity index (χ3v) is 4.67. The van der Waals surface area contributed by atoms with Gasteiger partial charge in [0.25, 0.3) is 0 Å². The molecule has 2 aliphatic rings. The number of nitriles is 1. The molecule has 0 aromatic carbocycles. The van der Waals surface area contributed by atoms with Gasteiger partial charge in [0.05, 0.1) is 11.6 Å². The normalized spacial score (nSPS) is 20.7. The number of aromatic nitrogens is 4. The van der Waals surface area contributed by atoms with Crippen LogP contribution in [0.3, 0.4) is 0 Å². The van der Waals surface area contributed by atoms with Crippen LogP contribution in [0.4, 0.5) is 5.82 Å². The van der Waals surface area contributed by atoms with Crippen LogP contribution in [0.15, 0.2) is 18.7 Å². The van der Waals surface area contributed by atoms with Crippen LogP contribution in [0.25, 0.3) is 0 Å². The molecule has 0 N–H and O–H groups in total. The summed E-state index contributed by atoms with van der Waals surface area (Å²) in [5.74, 6) is 0.853. The van der Waals surface area contributed by atoms with Crippen molar-refractivity contribution in [3.05, 3.63) is 35.5 Å². The monoisotopic (exact) mass is 294 g/mol. The average Bonchev–Trinajstić information content (AvgIpc) is 3.24. The molecule has 1 atom stereocenters. The highest BCUT2D eigenvalue weighted by Crippen LogP contribution is 2.30. The number of anilines is 1. The van der Waals surface area contributed by atoms with Gasteiger partial charge in [0.2, 0.25) is 0 Å². The molecule has 0 bridgehead atoms. The van der Waals surface area contributed by atoms with Crippen molar-refractivity contribution in [2.24, 2.45) is 0 Å². The molecule has 22 heavy (non-hydrogen) atoms. The fourth-order valence-corrected chi connectivity index (χ4v) is 3.50. The first-order chi connectivity index (χ1) is 10.8. The highest BCUT2D eigenvalue weighted by molar-refractivity contribution is 5.57. The first-order valence-corrected chi connectivity index (χ1v) is 7.87. The Labute approximate surface area is 129 Å². The Bertz CT molecular complexity index is 715. The molecule has 112 valence electrons. The van der Waals surface area contributed by atoms with Gasteiger partial charge in [0.15, 0.2) is 0 Å². The number of nitrogens with zero attached hydrogens (tertiary/aromatic N) is 6. The Morgan fingerprint density at radius 2 is 2.18 bits per heavy atom. The molecule has 1 unspecified atom stereocenters. The average molecular weight is 294 g/mol. The Balaban J connectivity index is 1.64. The maximum Gasteiger partial charge on any atom is 0.146 e. The summed E-state index contributed by atoms with van der Waals surface area (Å²) in [6, 6.07) is 4.70. The van der Waals surface area contributed by atoms with Crippen molar-refractivity contribution in [1.29, 1.82) is 5.26 Å². The van der Waals surface area contributed by atoms with Gasteiger partial charge in [-0.3, -0.25) is 0 Å². The van der Waals surface area contributed by atoms with E-state index in [-0.39, 0.29) is 0 Å². The van der Waals surface area contributed by atoms with E-state index in [0.717, 1.165) is 38.2 Å². The summed E-state index contributed by atoms with van der Waals surface area (Å²) < 4.78 is 1.91. The summed E-state index contributed by atoms with van der Waals surface area (Å²) in [5.41, 5.74) is 3.16. The summed E-state index contributed by atoms with van der Waals surface area (Å²) in [5, 5.41) is 13.7. The lowest BCUT2D eigenvalue weighted by Crippen LogP contribution is -2.24. The Morgan fingerprint density at radius 1 is 1.27 bits per heavy atom. The van der Waals surface area contributed by atoms with Crippen LogP contribution in [0, 0.1) is 11.3 Å². The second-order valence-electron chi connectivity index (χ2n) is 6.05. The lowest BCUT2D eigenvalue weighted by molar-refractivity contribution is 0.493. The molecule has 0 saturated carbocycles. The maximum absolute atomic E-state index is 9.49. The third kappa shape index (κ3) is 2.23. The number of pyridine rings is 1. The van der Waals surface area contributed by atoms with Crippen LogP contribution in [0.2, 0.25) is 0 Å². The van der Waals surface area contributed by atoms with Crippen molar-refractivity contribution >= 4 is 5.82 Å².